The van der Waals surface area contributed by atoms with Crippen LogP contribution in [0.2, 0.25) is 0 Å². The summed E-state index contributed by atoms with van der Waals surface area (Å²) in [6, 6.07) is 5.62. The zero-order valence-electron chi connectivity index (χ0n) is 14.9. The number of carbonyl (C=O) groups is 1. The minimum atomic E-state index is -0.982. The van der Waals surface area contributed by atoms with Gasteiger partial charge in [0.2, 0.25) is 0 Å². The zero-order valence-corrected chi connectivity index (χ0v) is 14.9. The Labute approximate surface area is 151 Å². The molecular formula is C19H21N5O2. The molecule has 1 amide bonds. The van der Waals surface area contributed by atoms with Gasteiger partial charge in [-0.2, -0.15) is 5.10 Å². The highest BCUT2D eigenvalue weighted by molar-refractivity contribution is 5.95. The highest BCUT2D eigenvalue weighted by Gasteiger charge is 2.37. The number of hydrogen-bond donors (Lipinski definition) is 1. The molecule has 1 aliphatic heterocycles. The number of hydrogen-bond acceptors (Lipinski definition) is 5. The standard InChI is InChI=1S/C19H21N5O2/c1-13-3-4-16(20-11-13)19(26)6-9-23(10-7-19)18(25)15-12-21-17-5-8-22-24(17)14(15)2/h3-5,8,11-12,26H,6-7,9-10H2,1-2H3. The molecule has 7 heteroatoms. The Morgan fingerprint density at radius 1 is 1.12 bits per heavy atom. The second kappa shape index (κ2) is 6.17. The summed E-state index contributed by atoms with van der Waals surface area (Å²) in [5.41, 5.74) is 2.78. The van der Waals surface area contributed by atoms with Crippen molar-refractivity contribution in [2.45, 2.75) is 32.3 Å². The molecule has 0 radical (unpaired) electrons. The third-order valence-corrected chi connectivity index (χ3v) is 5.15. The fraction of sp³-hybridized carbons (Fsp3) is 0.368. The molecule has 0 unspecified atom stereocenters. The molecule has 0 bridgehead atoms. The fourth-order valence-electron chi connectivity index (χ4n) is 3.45. The van der Waals surface area contributed by atoms with Crippen LogP contribution in [-0.4, -0.2) is 48.6 Å². The maximum Gasteiger partial charge on any atom is 0.257 e. The van der Waals surface area contributed by atoms with Crippen LogP contribution in [-0.2, 0) is 5.60 Å². The van der Waals surface area contributed by atoms with Crippen LogP contribution in [0, 0.1) is 13.8 Å². The third-order valence-electron chi connectivity index (χ3n) is 5.15. The summed E-state index contributed by atoms with van der Waals surface area (Å²) < 4.78 is 1.67. The number of likely N-dealkylation sites (tertiary alicyclic amines) is 1. The third kappa shape index (κ3) is 2.74. The van der Waals surface area contributed by atoms with Gasteiger partial charge in [0.05, 0.1) is 23.1 Å². The first-order chi connectivity index (χ1) is 12.5. The van der Waals surface area contributed by atoms with Crippen molar-refractivity contribution in [3.05, 3.63) is 59.3 Å². The van der Waals surface area contributed by atoms with Crippen molar-refractivity contribution in [1.29, 1.82) is 0 Å². The maximum absolute atomic E-state index is 12.9. The molecule has 4 heterocycles. The number of piperidine rings is 1. The quantitative estimate of drug-likeness (QED) is 0.762. The summed E-state index contributed by atoms with van der Waals surface area (Å²) in [7, 11) is 0. The van der Waals surface area contributed by atoms with Crippen molar-refractivity contribution in [3.8, 4) is 0 Å². The number of amides is 1. The van der Waals surface area contributed by atoms with E-state index in [2.05, 4.69) is 15.1 Å². The van der Waals surface area contributed by atoms with Gasteiger partial charge in [0.15, 0.2) is 5.65 Å². The van der Waals surface area contributed by atoms with E-state index in [-0.39, 0.29) is 5.91 Å². The Hall–Kier alpha value is -2.80. The van der Waals surface area contributed by atoms with Crippen LogP contribution in [0.15, 0.2) is 36.8 Å². The summed E-state index contributed by atoms with van der Waals surface area (Å²) in [5, 5.41) is 15.2. The number of carbonyl (C=O) groups excluding carboxylic acids is 1. The Morgan fingerprint density at radius 3 is 2.58 bits per heavy atom. The van der Waals surface area contributed by atoms with E-state index >= 15 is 0 Å². The van der Waals surface area contributed by atoms with Gasteiger partial charge in [0, 0.05) is 31.5 Å². The van der Waals surface area contributed by atoms with Gasteiger partial charge in [-0.05, 0) is 38.3 Å². The van der Waals surface area contributed by atoms with Crippen LogP contribution in [0.1, 0.15) is 40.2 Å². The molecule has 26 heavy (non-hydrogen) atoms. The van der Waals surface area contributed by atoms with Gasteiger partial charge < -0.3 is 10.0 Å². The number of aliphatic hydroxyl groups is 1. The second-order valence-electron chi connectivity index (χ2n) is 6.90. The molecule has 0 spiro atoms. The lowest BCUT2D eigenvalue weighted by Crippen LogP contribution is -2.45. The minimum absolute atomic E-state index is 0.0775. The normalized spacial score (nSPS) is 16.8. The highest BCUT2D eigenvalue weighted by Crippen LogP contribution is 2.32. The van der Waals surface area contributed by atoms with E-state index in [1.54, 1.807) is 34.1 Å². The van der Waals surface area contributed by atoms with Crippen molar-refractivity contribution in [2.75, 3.05) is 13.1 Å². The highest BCUT2D eigenvalue weighted by atomic mass is 16.3. The predicted molar refractivity (Wildman–Crippen MR) is 95.7 cm³/mol. The molecule has 3 aromatic heterocycles. The lowest BCUT2D eigenvalue weighted by molar-refractivity contribution is -0.0244. The largest absolute Gasteiger partial charge is 0.383 e. The van der Waals surface area contributed by atoms with Gasteiger partial charge >= 0.3 is 0 Å². The summed E-state index contributed by atoms with van der Waals surface area (Å²) in [5.74, 6) is -0.0775. The number of aryl methyl sites for hydroxylation is 2. The molecule has 3 aromatic rings. The van der Waals surface area contributed by atoms with E-state index in [4.69, 9.17) is 0 Å². The molecule has 0 atom stereocenters. The van der Waals surface area contributed by atoms with Gasteiger partial charge in [0.1, 0.15) is 5.60 Å². The summed E-state index contributed by atoms with van der Waals surface area (Å²) in [6.45, 7) is 4.78. The van der Waals surface area contributed by atoms with Crippen molar-refractivity contribution < 1.29 is 9.90 Å². The Balaban J connectivity index is 1.52. The van der Waals surface area contributed by atoms with Crippen LogP contribution in [0.3, 0.4) is 0 Å². The smallest absolute Gasteiger partial charge is 0.257 e. The Kier molecular flexibility index (Phi) is 3.96. The molecule has 4 rings (SSSR count). The predicted octanol–water partition coefficient (Wildman–Crippen LogP) is 1.86. The van der Waals surface area contributed by atoms with Crippen LogP contribution >= 0.6 is 0 Å². The van der Waals surface area contributed by atoms with Crippen LogP contribution in [0.5, 0.6) is 0 Å². The topological polar surface area (TPSA) is 83.6 Å². The van der Waals surface area contributed by atoms with Gasteiger partial charge in [0.25, 0.3) is 5.91 Å². The molecule has 1 saturated heterocycles. The molecule has 1 aliphatic rings. The summed E-state index contributed by atoms with van der Waals surface area (Å²) >= 11 is 0. The van der Waals surface area contributed by atoms with Gasteiger partial charge in [-0.3, -0.25) is 9.78 Å². The molecule has 1 fully saturated rings. The monoisotopic (exact) mass is 351 g/mol. The van der Waals surface area contributed by atoms with Crippen molar-refractivity contribution >= 4 is 11.6 Å². The number of nitrogens with zero attached hydrogens (tertiary/aromatic N) is 5. The van der Waals surface area contributed by atoms with Crippen molar-refractivity contribution in [1.82, 2.24) is 24.5 Å². The average Bonchev–Trinajstić information content (AvgIpc) is 3.12. The molecule has 7 nitrogen and oxygen atoms in total. The first-order valence-electron chi connectivity index (χ1n) is 8.72. The molecule has 134 valence electrons. The number of fused-ring (bicyclic) bond motifs is 1. The fourth-order valence-corrected chi connectivity index (χ4v) is 3.45. The van der Waals surface area contributed by atoms with Crippen LogP contribution in [0.4, 0.5) is 0 Å². The van der Waals surface area contributed by atoms with Crippen LogP contribution < -0.4 is 0 Å². The van der Waals surface area contributed by atoms with Crippen molar-refractivity contribution in [3.63, 3.8) is 0 Å². The summed E-state index contributed by atoms with van der Waals surface area (Å²) in [6.07, 6.45) is 5.96. The molecule has 0 saturated carbocycles. The summed E-state index contributed by atoms with van der Waals surface area (Å²) in [4.78, 5) is 23.4. The van der Waals surface area contributed by atoms with E-state index in [9.17, 15) is 9.90 Å². The van der Waals surface area contributed by atoms with E-state index in [0.29, 0.717) is 37.2 Å². The van der Waals surface area contributed by atoms with E-state index in [1.807, 2.05) is 26.0 Å². The number of pyridine rings is 1. The van der Waals surface area contributed by atoms with E-state index < -0.39 is 5.60 Å². The SMILES string of the molecule is Cc1ccc(C2(O)CCN(C(=O)c3cnc4ccnn4c3C)CC2)nc1. The van der Waals surface area contributed by atoms with Crippen molar-refractivity contribution in [2.24, 2.45) is 0 Å². The van der Waals surface area contributed by atoms with Gasteiger partial charge in [-0.15, -0.1) is 0 Å². The number of aromatic nitrogens is 4. The molecule has 1 N–H and O–H groups in total. The van der Waals surface area contributed by atoms with E-state index in [0.717, 1.165) is 16.9 Å². The Bertz CT molecular complexity index is 956. The molecule has 0 aliphatic carbocycles. The second-order valence-corrected chi connectivity index (χ2v) is 6.90. The first-order valence-corrected chi connectivity index (χ1v) is 8.72. The lowest BCUT2D eigenvalue weighted by atomic mass is 9.87. The maximum atomic E-state index is 12.9. The van der Waals surface area contributed by atoms with Gasteiger partial charge in [-0.25, -0.2) is 9.50 Å². The van der Waals surface area contributed by atoms with Gasteiger partial charge in [-0.1, -0.05) is 6.07 Å². The number of rotatable bonds is 2. The molecule has 0 aromatic carbocycles. The minimum Gasteiger partial charge on any atom is -0.383 e. The van der Waals surface area contributed by atoms with E-state index in [1.165, 1.54) is 0 Å². The Morgan fingerprint density at radius 2 is 1.88 bits per heavy atom. The average molecular weight is 351 g/mol. The van der Waals surface area contributed by atoms with Crippen LogP contribution in [0.25, 0.3) is 5.65 Å². The molecular weight excluding hydrogens is 330 g/mol. The lowest BCUT2D eigenvalue weighted by Gasteiger charge is -2.38. The zero-order chi connectivity index (χ0) is 18.3. The first kappa shape index (κ1) is 16.7.